The number of aromatic nitrogens is 2. The van der Waals surface area contributed by atoms with Crippen molar-refractivity contribution in [2.75, 3.05) is 61.8 Å². The molecule has 0 radical (unpaired) electrons. The Hall–Kier alpha value is -2.00. The topological polar surface area (TPSA) is 173 Å². The van der Waals surface area contributed by atoms with E-state index in [4.69, 9.17) is 0 Å². The Morgan fingerprint density at radius 3 is 1.06 bits per heavy atom. The first kappa shape index (κ1) is 104. The molecule has 11 nitrogen and oxygen atoms in total. The van der Waals surface area contributed by atoms with Crippen molar-refractivity contribution in [2.45, 2.75) is 411 Å². The average molecular weight is 1940 g/mol. The molecule has 1 aromatic heterocycles. The number of thioether (sulfide) groups is 3. The number of rotatable bonds is 17. The molecule has 0 amide bonds. The van der Waals surface area contributed by atoms with Crippen molar-refractivity contribution in [1.82, 2.24) is 14.5 Å². The number of allylic oxidation sites excluding steroid dienone is 1. The summed E-state index contributed by atoms with van der Waals surface area (Å²) in [5.74, 6) is 34.7. The first-order valence-corrected chi connectivity index (χ1v) is 62.3. The third kappa shape index (κ3) is 20.6. The fraction of sp³-hybridized carbons (Fsp3) is 0.902. The van der Waals surface area contributed by atoms with Gasteiger partial charge in [-0.2, -0.15) is 35.3 Å². The zero-order valence-electron chi connectivity index (χ0n) is 88.0. The van der Waals surface area contributed by atoms with Gasteiger partial charge in [-0.3, -0.25) is 19.3 Å². The molecule has 21 aliphatic carbocycles. The van der Waals surface area contributed by atoms with Crippen molar-refractivity contribution < 1.29 is 44.3 Å². The van der Waals surface area contributed by atoms with Gasteiger partial charge in [0.05, 0.1) is 46.0 Å². The van der Waals surface area contributed by atoms with Crippen LogP contribution >= 0.6 is 35.3 Å². The maximum absolute atomic E-state index is 13.3. The van der Waals surface area contributed by atoms with Crippen LogP contribution in [-0.2, 0) is 20.9 Å². The number of carbonyl (C=O) groups excluding carboxylic acids is 3. The molecular formula is C122H192FN3O8S3. The fourth-order valence-corrected chi connectivity index (χ4v) is 43.1. The molecule has 22 aliphatic rings. The lowest BCUT2D eigenvalue weighted by Crippen LogP contribution is -2.52. The van der Waals surface area contributed by atoms with E-state index in [1.54, 1.807) is 40.9 Å². The molecule has 40 atom stereocenters. The monoisotopic (exact) mass is 1940 g/mol. The summed E-state index contributed by atoms with van der Waals surface area (Å²) >= 11 is 5.17. The van der Waals surface area contributed by atoms with Crippen LogP contribution in [0.5, 0.6) is 0 Å². The summed E-state index contributed by atoms with van der Waals surface area (Å²) in [6.45, 7) is 34.3. The molecule has 768 valence electrons. The summed E-state index contributed by atoms with van der Waals surface area (Å²) in [7, 11) is 0. The van der Waals surface area contributed by atoms with Crippen molar-refractivity contribution in [1.29, 1.82) is 0 Å². The lowest BCUT2D eigenvalue weighted by Gasteiger charge is -2.57. The second kappa shape index (κ2) is 41.5. The summed E-state index contributed by atoms with van der Waals surface area (Å²) in [6.07, 6.45) is 69.8. The summed E-state index contributed by atoms with van der Waals surface area (Å²) in [5, 5.41) is 53.3. The molecule has 0 bridgehead atoms. The highest BCUT2D eigenvalue weighted by molar-refractivity contribution is 8.00. The highest BCUT2D eigenvalue weighted by Gasteiger charge is 2.66. The Morgan fingerprint density at radius 2 is 0.708 bits per heavy atom. The van der Waals surface area contributed by atoms with E-state index >= 15 is 0 Å². The van der Waals surface area contributed by atoms with E-state index < -0.39 is 29.1 Å². The van der Waals surface area contributed by atoms with Crippen molar-refractivity contribution in [2.24, 2.45) is 211 Å². The second-order valence-electron chi connectivity index (χ2n) is 55.1. The minimum absolute atomic E-state index is 0.217. The number of hydrogen-bond donors (Lipinski definition) is 5. The number of aliphatic hydroxyl groups is 5. The molecular weight excluding hydrogens is 1750 g/mol. The van der Waals surface area contributed by atoms with Crippen LogP contribution in [0.4, 0.5) is 4.39 Å². The zero-order valence-corrected chi connectivity index (χ0v) is 90.4. The molecule has 0 aromatic carbocycles. The van der Waals surface area contributed by atoms with Crippen molar-refractivity contribution >= 4 is 52.6 Å². The minimum Gasteiger partial charge on any atom is -0.390 e. The molecule has 15 heteroatoms. The van der Waals surface area contributed by atoms with Crippen molar-refractivity contribution in [3.63, 3.8) is 0 Å². The molecule has 22 fully saturated rings. The van der Waals surface area contributed by atoms with E-state index in [1.165, 1.54) is 244 Å². The number of alkyl halides is 1. The quantitative estimate of drug-likeness (QED) is 0.0737. The molecule has 0 spiro atoms. The number of carbonyl (C=O) groups is 3. The van der Waals surface area contributed by atoms with E-state index in [0.717, 1.165) is 232 Å². The van der Waals surface area contributed by atoms with Gasteiger partial charge in [-0.25, -0.2) is 9.37 Å². The van der Waals surface area contributed by atoms with Gasteiger partial charge in [0.2, 0.25) is 0 Å². The fourth-order valence-electron chi connectivity index (χ4n) is 41.6. The van der Waals surface area contributed by atoms with Crippen LogP contribution < -0.4 is 0 Å². The number of Topliss-reactive ketones (excluding diaryl/α,β-unsaturated/α-hetero) is 3. The van der Waals surface area contributed by atoms with Crippen molar-refractivity contribution in [3.05, 3.63) is 43.0 Å². The third-order valence-corrected chi connectivity index (χ3v) is 49.9. The number of nitrogens with zero attached hydrogens (tertiary/aromatic N) is 3. The van der Waals surface area contributed by atoms with Crippen LogP contribution in [0.25, 0.3) is 0 Å². The first-order valence-electron chi connectivity index (χ1n) is 58.3. The van der Waals surface area contributed by atoms with Crippen LogP contribution in [0.3, 0.4) is 0 Å². The Bertz CT molecular complexity index is 4410. The molecule has 137 heavy (non-hydrogen) atoms. The molecule has 21 saturated carbocycles. The Labute approximate surface area is 844 Å². The predicted molar refractivity (Wildman–Crippen MR) is 562 cm³/mol. The standard InChI is InChI=1S/C26H43NO.C26H38O2S.C25H38N2O.C23H38O2S.C22H35FO2S/c1-18(17-27-14-4-5-15-27)23-8-9-24-22-7-6-19-16-25(2,28)12-10-20(19)21(22)11-13-26(23,24)3;1-25-12-10-20-19-11-14-26(28,13-9-17-3-4-17)15-18(19)5-6-21(20)22(25)7-8-23(25)24(27)16-29-2;1-17(15-27-13-12-26-16-27)22-6-7-23-21-5-4-18-14-24(2,28)10-8-19(18)20(21)9-11-25(22,23)3;1-4-26-14-21(24)20-8-7-19-18-6-5-15-13-22(2,25)11-9-16(15)17(18)10-12-23(19,20)3;1-21-9-7-16-15-8-10-22(25,13-23)11-14(15)3-4-17(16)18(21)5-6-19(21)20(24)12-26-2/h19-24,28H,1,4-17H2,2-3H3;17-23,28H,3-8,10-12,14-16H2,1-2H3;12-13,16,18-23,28H,1,4-11,14-15H2,2-3H3;15-20,25H,4-14H2,1-3H3;14-19,25H,3-13H2,1-2H3/t19-,20+,21-,22-,23-,24+,25-,26-;18-,19+,20-,21-,22+,23-,25+,26-;18-,19+,20-,21-,22-,23+,24-,25-;15-,16+,17-,18-,19+,20-,22-,23+;14-,15+,16-,17-,18+,19-,21+,22-/m11111/s1. The first-order chi connectivity index (χ1) is 65.4. The van der Waals surface area contributed by atoms with Gasteiger partial charge in [0.15, 0.2) is 0 Å². The van der Waals surface area contributed by atoms with Crippen LogP contribution in [0, 0.1) is 222 Å². The second-order valence-corrected chi connectivity index (χ2v) is 58.1. The van der Waals surface area contributed by atoms with Crippen LogP contribution in [0.2, 0.25) is 0 Å². The SMILES string of the molecule is C=C(CN1CCCC1)[C@H]1CC[C@H]2[C@@H]3CC[C@@H]4C[C@](C)(O)CC[C@@H]4[C@H]3CC[C@]12C.C=C(Cn1ccnc1)[C@H]1CC[C@H]2[C@@H]3CC[C@@H]4C[C@](C)(O)CC[C@@H]4[C@H]3CC[C@]12C.CCSCC(=O)[C@H]1CC[C@H]2[C@@H]3CC[C@@H]4C[C@](C)(O)CC[C@@H]4[C@H]3CC[C@]12C.CSCC(=O)[C@H]1CC[C@H]2[C@@H]3CC[C@@H]4C[C@@](O)(C#CC5CC5)CC[C@@H]4[C@H]3CC[C@]12C.CSCC(=O)[C@H]1CC[C@H]2[C@@H]3CC[C@@H]4C[C@@](O)(CF)CC[C@@H]4[C@H]3CC[C@]12C. The van der Waals surface area contributed by atoms with Crippen molar-refractivity contribution in [3.8, 4) is 11.8 Å². The van der Waals surface area contributed by atoms with Gasteiger partial charge in [-0.15, -0.1) is 0 Å². The van der Waals surface area contributed by atoms with E-state index in [-0.39, 0.29) is 27.8 Å². The van der Waals surface area contributed by atoms with Crippen LogP contribution in [0.15, 0.2) is 43.0 Å². The molecule has 2 heterocycles. The molecule has 5 N–H and O–H groups in total. The van der Waals surface area contributed by atoms with Gasteiger partial charge in [-0.1, -0.05) is 77.7 Å². The van der Waals surface area contributed by atoms with Crippen LogP contribution in [0.1, 0.15) is 377 Å². The average Bonchev–Trinajstić information content (AvgIpc) is 1.65. The van der Waals surface area contributed by atoms with Gasteiger partial charge in [0.1, 0.15) is 29.6 Å². The lowest BCUT2D eigenvalue weighted by molar-refractivity contribution is -0.131. The predicted octanol–water partition coefficient (Wildman–Crippen LogP) is 26.7. The molecule has 0 unspecified atom stereocenters. The number of fused-ring (bicyclic) bond motifs is 25. The Morgan fingerprint density at radius 1 is 0.380 bits per heavy atom. The van der Waals surface area contributed by atoms with E-state index in [1.807, 2.05) is 18.8 Å². The maximum atomic E-state index is 13.3. The number of halogens is 1. The van der Waals surface area contributed by atoms with Gasteiger partial charge in [0, 0.05) is 49.2 Å². The minimum atomic E-state index is -1.04. The van der Waals surface area contributed by atoms with Crippen LogP contribution in [-0.4, -0.2) is 147 Å². The largest absolute Gasteiger partial charge is 0.390 e. The summed E-state index contributed by atoms with van der Waals surface area (Å²) in [4.78, 5) is 45.3. The number of imidazole rings is 1. The summed E-state index contributed by atoms with van der Waals surface area (Å²) in [5.41, 5.74) is 1.75. The Balaban J connectivity index is 0.000000110. The number of ketones is 3. The van der Waals surface area contributed by atoms with E-state index in [9.17, 15) is 44.3 Å². The van der Waals surface area contributed by atoms with E-state index in [2.05, 4.69) is 114 Å². The third-order valence-electron chi connectivity index (χ3n) is 47.9. The molecule has 1 aliphatic heterocycles. The van der Waals surface area contributed by atoms with Gasteiger partial charge in [-0.05, 0) is 554 Å². The maximum Gasteiger partial charge on any atom is 0.146 e. The number of likely N-dealkylation sites (tertiary alicyclic amines) is 1. The highest BCUT2D eigenvalue weighted by atomic mass is 32.2. The normalized spacial score (nSPS) is 49.8. The summed E-state index contributed by atoms with van der Waals surface area (Å²) < 4.78 is 15.5. The molecule has 1 aromatic rings. The van der Waals surface area contributed by atoms with E-state index in [0.29, 0.717) is 99.9 Å². The summed E-state index contributed by atoms with van der Waals surface area (Å²) in [6, 6.07) is 0. The molecule has 1 saturated heterocycles. The van der Waals surface area contributed by atoms with Gasteiger partial charge in [0.25, 0.3) is 0 Å². The zero-order chi connectivity index (χ0) is 96.3. The van der Waals surface area contributed by atoms with Gasteiger partial charge < -0.3 is 30.1 Å². The molecule has 23 rings (SSSR count). The highest BCUT2D eigenvalue weighted by Crippen LogP contribution is 2.73. The smallest absolute Gasteiger partial charge is 0.146 e. The van der Waals surface area contributed by atoms with Gasteiger partial charge >= 0.3 is 0 Å². The lowest BCUT2D eigenvalue weighted by atomic mass is 9.49. The number of hydrogen-bond acceptors (Lipinski definition) is 13. The Kier molecular flexibility index (Phi) is 31.4.